The number of likely N-dealkylation sites (tertiary alicyclic amines) is 1. The van der Waals surface area contributed by atoms with Crippen LogP contribution in [-0.2, 0) is 9.59 Å². The number of halogens is 2. The first kappa shape index (κ1) is 15.8. The Morgan fingerprint density at radius 1 is 1.43 bits per heavy atom. The van der Waals surface area contributed by atoms with E-state index >= 15 is 0 Å². The average molecular weight is 360 g/mol. The van der Waals surface area contributed by atoms with Gasteiger partial charge in [-0.1, -0.05) is 15.9 Å². The van der Waals surface area contributed by atoms with E-state index in [0.717, 1.165) is 12.8 Å². The van der Waals surface area contributed by atoms with Crippen molar-refractivity contribution in [1.82, 2.24) is 4.90 Å². The van der Waals surface area contributed by atoms with E-state index < -0.39 is 23.7 Å². The van der Waals surface area contributed by atoms with E-state index in [4.69, 9.17) is 9.84 Å². The van der Waals surface area contributed by atoms with Crippen molar-refractivity contribution < 1.29 is 23.8 Å². The van der Waals surface area contributed by atoms with E-state index in [2.05, 4.69) is 15.9 Å². The quantitative estimate of drug-likeness (QED) is 0.896. The smallest absolute Gasteiger partial charge is 0.326 e. The number of hydrogen-bond donors (Lipinski definition) is 1. The van der Waals surface area contributed by atoms with Crippen LogP contribution < -0.4 is 4.74 Å². The van der Waals surface area contributed by atoms with Crippen molar-refractivity contribution in [2.24, 2.45) is 0 Å². The zero-order chi connectivity index (χ0) is 15.4. The number of aliphatic carboxylic acids is 1. The Bertz CT molecular complexity index is 552. The largest absolute Gasteiger partial charge is 0.481 e. The van der Waals surface area contributed by atoms with E-state index in [0.29, 0.717) is 17.4 Å². The average Bonchev–Trinajstić information content (AvgIpc) is 2.46. The van der Waals surface area contributed by atoms with Gasteiger partial charge in [0.25, 0.3) is 5.91 Å². The molecule has 0 saturated carbocycles. The first-order valence-corrected chi connectivity index (χ1v) is 7.38. The summed E-state index contributed by atoms with van der Waals surface area (Å²) < 4.78 is 19.3. The molecule has 5 nitrogen and oxygen atoms in total. The molecule has 1 aliphatic rings. The molecule has 1 saturated heterocycles. The molecule has 1 aromatic rings. The van der Waals surface area contributed by atoms with Gasteiger partial charge in [0, 0.05) is 11.0 Å². The number of nitrogens with zero attached hydrogens (tertiary/aromatic N) is 1. The molecule has 0 aliphatic carbocycles. The van der Waals surface area contributed by atoms with Gasteiger partial charge in [-0.3, -0.25) is 4.79 Å². The fourth-order valence-electron chi connectivity index (χ4n) is 2.30. The number of carbonyl (C=O) groups is 2. The lowest BCUT2D eigenvalue weighted by Gasteiger charge is -2.32. The number of amides is 1. The molecule has 1 atom stereocenters. The molecular formula is C14H15BrFNO4. The number of ether oxygens (including phenoxy) is 1. The summed E-state index contributed by atoms with van der Waals surface area (Å²) in [4.78, 5) is 24.5. The molecule has 1 aliphatic heterocycles. The third kappa shape index (κ3) is 3.93. The van der Waals surface area contributed by atoms with Gasteiger partial charge in [0.15, 0.2) is 18.2 Å². The molecule has 1 N–H and O–H groups in total. The van der Waals surface area contributed by atoms with Crippen LogP contribution in [0.1, 0.15) is 19.3 Å². The van der Waals surface area contributed by atoms with Crippen LogP contribution >= 0.6 is 15.9 Å². The summed E-state index contributed by atoms with van der Waals surface area (Å²) in [6, 6.07) is 3.44. The van der Waals surface area contributed by atoms with Crippen molar-refractivity contribution in [3.05, 3.63) is 28.5 Å². The lowest BCUT2D eigenvalue weighted by Crippen LogP contribution is -2.49. The van der Waals surface area contributed by atoms with E-state index in [-0.39, 0.29) is 12.4 Å². The Kier molecular flexibility index (Phi) is 5.17. The maximum absolute atomic E-state index is 13.6. The van der Waals surface area contributed by atoms with Crippen LogP contribution in [0.15, 0.2) is 22.7 Å². The second-order valence-corrected chi connectivity index (χ2v) is 5.72. The Balaban J connectivity index is 1.98. The lowest BCUT2D eigenvalue weighted by atomic mass is 10.0. The molecule has 0 unspecified atom stereocenters. The highest BCUT2D eigenvalue weighted by atomic mass is 79.9. The van der Waals surface area contributed by atoms with Crippen LogP contribution in [-0.4, -0.2) is 41.1 Å². The first-order chi connectivity index (χ1) is 9.99. The summed E-state index contributed by atoms with van der Waals surface area (Å²) >= 11 is 3.13. The highest BCUT2D eigenvalue weighted by molar-refractivity contribution is 9.10. The van der Waals surface area contributed by atoms with Crippen molar-refractivity contribution in [1.29, 1.82) is 0 Å². The molecule has 0 radical (unpaired) electrons. The number of hydrogen-bond acceptors (Lipinski definition) is 3. The minimum atomic E-state index is -1.02. The highest BCUT2D eigenvalue weighted by Crippen LogP contribution is 2.22. The lowest BCUT2D eigenvalue weighted by molar-refractivity contribution is -0.152. The van der Waals surface area contributed by atoms with Crippen LogP contribution in [0, 0.1) is 5.82 Å². The van der Waals surface area contributed by atoms with E-state index in [1.807, 2.05) is 0 Å². The fraction of sp³-hybridized carbons (Fsp3) is 0.429. The second-order valence-electron chi connectivity index (χ2n) is 4.80. The summed E-state index contributed by atoms with van der Waals surface area (Å²) in [6.07, 6.45) is 1.98. The predicted octanol–water partition coefficient (Wildman–Crippen LogP) is 2.43. The van der Waals surface area contributed by atoms with Crippen molar-refractivity contribution in [2.45, 2.75) is 25.3 Å². The molecule has 21 heavy (non-hydrogen) atoms. The van der Waals surface area contributed by atoms with E-state index in [1.165, 1.54) is 17.0 Å². The standard InChI is InChI=1S/C14H15BrFNO4/c15-9-4-5-12(10(16)7-9)21-8-13(18)17-6-2-1-3-11(17)14(19)20/h4-5,7,11H,1-3,6,8H2,(H,19,20)/t11-/m1/s1. The van der Waals surface area contributed by atoms with Crippen LogP contribution in [0.3, 0.4) is 0 Å². The maximum atomic E-state index is 13.6. The van der Waals surface area contributed by atoms with Crippen LogP contribution in [0.25, 0.3) is 0 Å². The molecule has 0 aromatic heterocycles. The summed E-state index contributed by atoms with van der Waals surface area (Å²) in [7, 11) is 0. The highest BCUT2D eigenvalue weighted by Gasteiger charge is 2.32. The van der Waals surface area contributed by atoms with Crippen LogP contribution in [0.5, 0.6) is 5.75 Å². The number of benzene rings is 1. The van der Waals surface area contributed by atoms with Crippen LogP contribution in [0.4, 0.5) is 4.39 Å². The van der Waals surface area contributed by atoms with Gasteiger partial charge in [0.2, 0.25) is 0 Å². The summed E-state index contributed by atoms with van der Waals surface area (Å²) in [5, 5.41) is 9.12. The number of rotatable bonds is 4. The summed E-state index contributed by atoms with van der Waals surface area (Å²) in [6.45, 7) is 0.0182. The molecule has 7 heteroatoms. The minimum Gasteiger partial charge on any atom is -0.481 e. The number of carboxylic acids is 1. The zero-order valence-electron chi connectivity index (χ0n) is 11.2. The van der Waals surface area contributed by atoms with E-state index in [1.54, 1.807) is 6.07 Å². The SMILES string of the molecule is O=C(O)[C@H]1CCCCN1C(=O)COc1ccc(Br)cc1F. The van der Waals surface area contributed by atoms with Gasteiger partial charge < -0.3 is 14.7 Å². The zero-order valence-corrected chi connectivity index (χ0v) is 12.8. The summed E-state index contributed by atoms with van der Waals surface area (Å²) in [5.41, 5.74) is 0. The Morgan fingerprint density at radius 2 is 2.19 bits per heavy atom. The maximum Gasteiger partial charge on any atom is 0.326 e. The molecule has 1 aromatic carbocycles. The van der Waals surface area contributed by atoms with Gasteiger partial charge in [0.1, 0.15) is 6.04 Å². The van der Waals surface area contributed by atoms with Gasteiger partial charge in [0.05, 0.1) is 0 Å². The van der Waals surface area contributed by atoms with Crippen molar-refractivity contribution in [3.63, 3.8) is 0 Å². The first-order valence-electron chi connectivity index (χ1n) is 6.59. The van der Waals surface area contributed by atoms with Gasteiger partial charge in [-0.2, -0.15) is 0 Å². The predicted molar refractivity (Wildman–Crippen MR) is 76.6 cm³/mol. The molecular weight excluding hydrogens is 345 g/mol. The van der Waals surface area contributed by atoms with E-state index in [9.17, 15) is 14.0 Å². The monoisotopic (exact) mass is 359 g/mol. The van der Waals surface area contributed by atoms with Gasteiger partial charge in [-0.15, -0.1) is 0 Å². The van der Waals surface area contributed by atoms with Gasteiger partial charge in [-0.05, 0) is 37.5 Å². The topological polar surface area (TPSA) is 66.8 Å². The third-order valence-corrected chi connectivity index (χ3v) is 3.85. The van der Waals surface area contributed by atoms with Gasteiger partial charge in [-0.25, -0.2) is 9.18 Å². The number of carbonyl (C=O) groups excluding carboxylic acids is 1. The fourth-order valence-corrected chi connectivity index (χ4v) is 2.63. The van der Waals surface area contributed by atoms with Crippen molar-refractivity contribution >= 4 is 27.8 Å². The molecule has 0 spiro atoms. The van der Waals surface area contributed by atoms with Gasteiger partial charge >= 0.3 is 5.97 Å². The third-order valence-electron chi connectivity index (χ3n) is 3.35. The molecule has 1 amide bonds. The minimum absolute atomic E-state index is 0.0320. The molecule has 2 rings (SSSR count). The number of carboxylic acid groups (broad SMARTS) is 1. The Labute approximate surface area is 129 Å². The summed E-state index contributed by atoms with van der Waals surface area (Å²) in [5.74, 6) is -2.07. The Morgan fingerprint density at radius 3 is 2.86 bits per heavy atom. The molecule has 0 bridgehead atoms. The van der Waals surface area contributed by atoms with Crippen molar-refractivity contribution in [2.75, 3.05) is 13.2 Å². The normalized spacial score (nSPS) is 18.4. The number of piperidine rings is 1. The molecule has 114 valence electrons. The second kappa shape index (κ2) is 6.89. The van der Waals surface area contributed by atoms with Crippen LogP contribution in [0.2, 0.25) is 0 Å². The Hall–Kier alpha value is -1.63. The molecule has 1 fully saturated rings. The molecule has 1 heterocycles. The van der Waals surface area contributed by atoms with Crippen molar-refractivity contribution in [3.8, 4) is 5.75 Å².